The maximum atomic E-state index is 11.5. The van der Waals surface area contributed by atoms with E-state index in [4.69, 9.17) is 4.74 Å². The fourth-order valence-corrected chi connectivity index (χ4v) is 2.90. The predicted octanol–water partition coefficient (Wildman–Crippen LogP) is 5.36. The highest BCUT2D eigenvalue weighted by Gasteiger charge is 2.04. The Bertz CT molecular complexity index is 333. The fourth-order valence-electron chi connectivity index (χ4n) is 2.21. The van der Waals surface area contributed by atoms with Crippen LogP contribution < -0.4 is 0 Å². The van der Waals surface area contributed by atoms with Gasteiger partial charge in [-0.1, -0.05) is 64.4 Å². The number of esters is 1. The Labute approximate surface area is 127 Å². The molecule has 20 heavy (non-hydrogen) atoms. The van der Waals surface area contributed by atoms with Crippen LogP contribution in [0, 0.1) is 0 Å². The molecule has 1 aromatic rings. The van der Waals surface area contributed by atoms with Crippen LogP contribution in [0.5, 0.6) is 0 Å². The molecule has 0 spiro atoms. The lowest BCUT2D eigenvalue weighted by Gasteiger charge is -2.04. The number of unbranched alkanes of at least 4 members (excludes halogenated alkanes) is 8. The number of carbonyl (C=O) groups excluding carboxylic acids is 1. The molecule has 0 saturated carbocycles. The molecule has 114 valence electrons. The summed E-state index contributed by atoms with van der Waals surface area (Å²) in [6, 6.07) is 3.94. The number of thiophene rings is 1. The summed E-state index contributed by atoms with van der Waals surface area (Å²) in [6.07, 6.45) is 12.0. The van der Waals surface area contributed by atoms with Crippen molar-refractivity contribution in [1.82, 2.24) is 0 Å². The molecular weight excluding hydrogens is 268 g/mol. The van der Waals surface area contributed by atoms with E-state index in [2.05, 4.69) is 6.92 Å². The lowest BCUT2D eigenvalue weighted by molar-refractivity contribution is -0.142. The van der Waals surface area contributed by atoms with Crippen LogP contribution in [0.3, 0.4) is 0 Å². The molecule has 0 N–H and O–H groups in total. The van der Waals surface area contributed by atoms with Crippen molar-refractivity contribution in [3.8, 4) is 0 Å². The van der Waals surface area contributed by atoms with E-state index >= 15 is 0 Å². The fraction of sp³-hybridized carbons (Fsp3) is 0.706. The zero-order valence-electron chi connectivity index (χ0n) is 12.7. The Morgan fingerprint density at radius 3 is 2.30 bits per heavy atom. The molecule has 2 nitrogen and oxygen atoms in total. The summed E-state index contributed by atoms with van der Waals surface area (Å²) in [4.78, 5) is 12.6. The number of hydrogen-bond acceptors (Lipinski definition) is 3. The molecule has 0 radical (unpaired) electrons. The minimum atomic E-state index is -0.0907. The van der Waals surface area contributed by atoms with Crippen LogP contribution >= 0.6 is 11.3 Å². The summed E-state index contributed by atoms with van der Waals surface area (Å²) in [7, 11) is 0. The van der Waals surface area contributed by atoms with E-state index in [1.54, 1.807) is 11.3 Å². The lowest BCUT2D eigenvalue weighted by Crippen LogP contribution is -2.08. The normalized spacial score (nSPS) is 10.7. The van der Waals surface area contributed by atoms with Gasteiger partial charge in [0.25, 0.3) is 0 Å². The maximum absolute atomic E-state index is 11.5. The van der Waals surface area contributed by atoms with Gasteiger partial charge in [0, 0.05) is 4.88 Å². The van der Waals surface area contributed by atoms with Crippen LogP contribution in [0.2, 0.25) is 0 Å². The molecule has 1 heterocycles. The third-order valence-corrected chi connectivity index (χ3v) is 4.29. The summed E-state index contributed by atoms with van der Waals surface area (Å²) >= 11 is 1.61. The van der Waals surface area contributed by atoms with Gasteiger partial charge >= 0.3 is 5.97 Å². The Morgan fingerprint density at radius 2 is 1.70 bits per heavy atom. The highest BCUT2D eigenvalue weighted by atomic mass is 32.1. The Kier molecular flexibility index (Phi) is 10.3. The third-order valence-electron chi connectivity index (χ3n) is 3.41. The first-order valence-corrected chi connectivity index (χ1v) is 8.89. The van der Waals surface area contributed by atoms with Crippen LogP contribution in [-0.2, 0) is 16.0 Å². The first-order chi connectivity index (χ1) is 9.83. The highest BCUT2D eigenvalue weighted by Crippen LogP contribution is 2.11. The molecule has 0 bridgehead atoms. The van der Waals surface area contributed by atoms with Gasteiger partial charge in [0.2, 0.25) is 0 Å². The Balaban J connectivity index is 1.83. The first-order valence-electron chi connectivity index (χ1n) is 8.01. The van der Waals surface area contributed by atoms with Crippen molar-refractivity contribution in [2.24, 2.45) is 0 Å². The summed E-state index contributed by atoms with van der Waals surface area (Å²) in [6.45, 7) is 2.83. The second-order valence-corrected chi connectivity index (χ2v) is 6.34. The maximum Gasteiger partial charge on any atom is 0.311 e. The molecule has 1 rings (SSSR count). The summed E-state index contributed by atoms with van der Waals surface area (Å²) in [5.74, 6) is -0.0907. The average molecular weight is 296 g/mol. The molecule has 0 atom stereocenters. The lowest BCUT2D eigenvalue weighted by atomic mass is 10.1. The first kappa shape index (κ1) is 17.2. The Hall–Kier alpha value is -0.830. The topological polar surface area (TPSA) is 26.3 Å². The molecule has 0 amide bonds. The summed E-state index contributed by atoms with van der Waals surface area (Å²) in [5.41, 5.74) is 0. The Morgan fingerprint density at radius 1 is 1.05 bits per heavy atom. The van der Waals surface area contributed by atoms with Gasteiger partial charge in [-0.25, -0.2) is 0 Å². The zero-order valence-corrected chi connectivity index (χ0v) is 13.6. The van der Waals surface area contributed by atoms with Crippen molar-refractivity contribution in [1.29, 1.82) is 0 Å². The SMILES string of the molecule is CCCCCCCCCCCOC(=O)Cc1cccs1. The summed E-state index contributed by atoms with van der Waals surface area (Å²) < 4.78 is 5.24. The molecule has 0 aliphatic carbocycles. The minimum absolute atomic E-state index is 0.0907. The van der Waals surface area contributed by atoms with Gasteiger partial charge in [0.15, 0.2) is 0 Å². The quantitative estimate of drug-likeness (QED) is 0.383. The second kappa shape index (κ2) is 12.0. The molecule has 1 aromatic heterocycles. The van der Waals surface area contributed by atoms with Crippen LogP contribution in [-0.4, -0.2) is 12.6 Å². The van der Waals surface area contributed by atoms with E-state index in [1.807, 2.05) is 17.5 Å². The number of carbonyl (C=O) groups is 1. The van der Waals surface area contributed by atoms with E-state index < -0.39 is 0 Å². The molecule has 0 saturated heterocycles. The van der Waals surface area contributed by atoms with Crippen LogP contribution in [0.4, 0.5) is 0 Å². The van der Waals surface area contributed by atoms with Crippen LogP contribution in [0.1, 0.15) is 69.6 Å². The van der Waals surface area contributed by atoms with Gasteiger partial charge in [-0.3, -0.25) is 4.79 Å². The van der Waals surface area contributed by atoms with Crippen molar-refractivity contribution in [2.45, 2.75) is 71.1 Å². The van der Waals surface area contributed by atoms with E-state index in [0.29, 0.717) is 13.0 Å². The van der Waals surface area contributed by atoms with E-state index in [1.165, 1.54) is 51.4 Å². The van der Waals surface area contributed by atoms with Gasteiger partial charge in [-0.05, 0) is 17.9 Å². The van der Waals surface area contributed by atoms with Gasteiger partial charge in [0.1, 0.15) is 0 Å². The van der Waals surface area contributed by atoms with Crippen molar-refractivity contribution in [3.63, 3.8) is 0 Å². The largest absolute Gasteiger partial charge is 0.465 e. The van der Waals surface area contributed by atoms with E-state index in [-0.39, 0.29) is 5.97 Å². The van der Waals surface area contributed by atoms with Crippen molar-refractivity contribution >= 4 is 17.3 Å². The number of hydrogen-bond donors (Lipinski definition) is 0. The summed E-state index contributed by atoms with van der Waals surface area (Å²) in [5, 5.41) is 1.99. The van der Waals surface area contributed by atoms with Gasteiger partial charge < -0.3 is 4.74 Å². The molecular formula is C17H28O2S. The van der Waals surface area contributed by atoms with Crippen LogP contribution in [0.15, 0.2) is 17.5 Å². The second-order valence-electron chi connectivity index (χ2n) is 5.31. The molecule has 3 heteroatoms. The van der Waals surface area contributed by atoms with E-state index in [9.17, 15) is 4.79 Å². The monoisotopic (exact) mass is 296 g/mol. The average Bonchev–Trinajstić information content (AvgIpc) is 2.93. The van der Waals surface area contributed by atoms with Crippen molar-refractivity contribution < 1.29 is 9.53 Å². The van der Waals surface area contributed by atoms with Gasteiger partial charge in [0.05, 0.1) is 13.0 Å². The number of rotatable bonds is 12. The van der Waals surface area contributed by atoms with Gasteiger partial charge in [-0.2, -0.15) is 0 Å². The minimum Gasteiger partial charge on any atom is -0.465 e. The van der Waals surface area contributed by atoms with E-state index in [0.717, 1.165) is 11.3 Å². The molecule has 0 fully saturated rings. The van der Waals surface area contributed by atoms with Crippen LogP contribution in [0.25, 0.3) is 0 Å². The zero-order chi connectivity index (χ0) is 14.5. The van der Waals surface area contributed by atoms with Gasteiger partial charge in [-0.15, -0.1) is 11.3 Å². The molecule has 0 aliphatic heterocycles. The molecule has 0 unspecified atom stereocenters. The standard InChI is InChI=1S/C17H28O2S/c1-2-3-4-5-6-7-8-9-10-13-19-17(18)15-16-12-11-14-20-16/h11-12,14H,2-10,13,15H2,1H3. The third kappa shape index (κ3) is 9.13. The highest BCUT2D eigenvalue weighted by molar-refractivity contribution is 7.10. The smallest absolute Gasteiger partial charge is 0.311 e. The van der Waals surface area contributed by atoms with Crippen molar-refractivity contribution in [2.75, 3.05) is 6.61 Å². The van der Waals surface area contributed by atoms with Crippen molar-refractivity contribution in [3.05, 3.63) is 22.4 Å². The predicted molar refractivity (Wildman–Crippen MR) is 86.2 cm³/mol. The molecule has 0 aromatic carbocycles. The molecule has 0 aliphatic rings. The number of ether oxygens (including phenoxy) is 1.